The van der Waals surface area contributed by atoms with E-state index in [2.05, 4.69) is 10.2 Å². The number of rotatable bonds is 3. The first-order valence-electron chi connectivity index (χ1n) is 9.94. The Morgan fingerprint density at radius 2 is 2.03 bits per heavy atom. The molecule has 2 aliphatic heterocycles. The van der Waals surface area contributed by atoms with Crippen molar-refractivity contribution in [3.63, 3.8) is 0 Å². The first-order valence-corrected chi connectivity index (χ1v) is 10.3. The van der Waals surface area contributed by atoms with E-state index in [4.69, 9.17) is 16.3 Å². The van der Waals surface area contributed by atoms with E-state index in [0.717, 1.165) is 27.7 Å². The van der Waals surface area contributed by atoms with E-state index < -0.39 is 0 Å². The molecule has 3 aromatic rings. The summed E-state index contributed by atoms with van der Waals surface area (Å²) < 4.78 is 21.4. The number of nitrogens with zero attached hydrogens (tertiary/aromatic N) is 2. The second-order valence-corrected chi connectivity index (χ2v) is 8.16. The van der Waals surface area contributed by atoms with Crippen LogP contribution in [0.15, 0.2) is 54.2 Å². The topological polar surface area (TPSA) is 63.6 Å². The molecule has 0 saturated heterocycles. The first kappa shape index (κ1) is 19.8. The van der Waals surface area contributed by atoms with E-state index in [0.29, 0.717) is 37.0 Å². The summed E-state index contributed by atoms with van der Waals surface area (Å²) >= 11 is 6.57. The minimum absolute atomic E-state index is 0.211. The fourth-order valence-corrected chi connectivity index (χ4v) is 4.46. The quantitative estimate of drug-likeness (QED) is 0.633. The molecule has 158 valence electrons. The molecule has 0 saturated carbocycles. The summed E-state index contributed by atoms with van der Waals surface area (Å²) in [6, 6.07) is 10.4. The summed E-state index contributed by atoms with van der Waals surface area (Å²) in [6.07, 6.45) is 3.58. The Kier molecular flexibility index (Phi) is 5.00. The Hall–Kier alpha value is -3.16. The zero-order valence-electron chi connectivity index (χ0n) is 16.5. The number of carbonyl (C=O) groups is 2. The van der Waals surface area contributed by atoms with Gasteiger partial charge in [-0.05, 0) is 42.0 Å². The van der Waals surface area contributed by atoms with E-state index in [1.807, 2.05) is 29.0 Å². The summed E-state index contributed by atoms with van der Waals surface area (Å²) in [4.78, 5) is 25.5. The number of ether oxygens (including phenoxy) is 1. The van der Waals surface area contributed by atoms with E-state index in [9.17, 15) is 14.0 Å². The number of hydrogen-bond acceptors (Lipinski definition) is 4. The highest BCUT2D eigenvalue weighted by Gasteiger charge is 2.23. The molecule has 2 aliphatic rings. The van der Waals surface area contributed by atoms with Gasteiger partial charge >= 0.3 is 0 Å². The van der Waals surface area contributed by atoms with Crippen molar-refractivity contribution in [3.8, 4) is 11.4 Å². The van der Waals surface area contributed by atoms with Gasteiger partial charge in [0.2, 0.25) is 5.91 Å². The number of amides is 2. The molecule has 5 rings (SSSR count). The van der Waals surface area contributed by atoms with Crippen LogP contribution < -0.4 is 10.1 Å². The van der Waals surface area contributed by atoms with Crippen LogP contribution in [-0.4, -0.2) is 41.0 Å². The van der Waals surface area contributed by atoms with Crippen molar-refractivity contribution in [2.45, 2.75) is 13.0 Å². The van der Waals surface area contributed by atoms with Gasteiger partial charge in [0.15, 0.2) is 0 Å². The summed E-state index contributed by atoms with van der Waals surface area (Å²) in [5.41, 5.74) is 3.41. The van der Waals surface area contributed by atoms with Gasteiger partial charge in [-0.3, -0.25) is 19.8 Å². The molecule has 0 unspecified atom stereocenters. The van der Waals surface area contributed by atoms with Crippen LogP contribution >= 0.6 is 11.6 Å². The van der Waals surface area contributed by atoms with Crippen LogP contribution in [0.2, 0.25) is 5.02 Å². The van der Waals surface area contributed by atoms with E-state index in [1.165, 1.54) is 18.2 Å². The van der Waals surface area contributed by atoms with Crippen molar-refractivity contribution < 1.29 is 18.7 Å². The highest BCUT2D eigenvalue weighted by atomic mass is 35.5. The number of aromatic nitrogens is 1. The lowest BCUT2D eigenvalue weighted by atomic mass is 10.1. The van der Waals surface area contributed by atoms with Crippen molar-refractivity contribution in [1.29, 1.82) is 0 Å². The van der Waals surface area contributed by atoms with Crippen molar-refractivity contribution in [2.24, 2.45) is 0 Å². The SMILES string of the molecule is O=C1C=C(CN2CCOc3c(Cl)cc(-n4ccc5cc(F)ccc54)cc3C2)CC(=O)N1. The van der Waals surface area contributed by atoms with Crippen LogP contribution in [0.3, 0.4) is 0 Å². The van der Waals surface area contributed by atoms with Gasteiger partial charge in [0.25, 0.3) is 5.91 Å². The Morgan fingerprint density at radius 3 is 2.87 bits per heavy atom. The van der Waals surface area contributed by atoms with Crippen LogP contribution in [0.1, 0.15) is 12.0 Å². The van der Waals surface area contributed by atoms with E-state index in [-0.39, 0.29) is 24.1 Å². The van der Waals surface area contributed by atoms with Gasteiger partial charge in [0.1, 0.15) is 18.2 Å². The van der Waals surface area contributed by atoms with Gasteiger partial charge < -0.3 is 9.30 Å². The molecule has 0 spiro atoms. The number of fused-ring (bicyclic) bond motifs is 2. The van der Waals surface area contributed by atoms with E-state index >= 15 is 0 Å². The van der Waals surface area contributed by atoms with Crippen LogP contribution in [0, 0.1) is 5.82 Å². The number of halogens is 2. The average Bonchev–Trinajstić information content (AvgIpc) is 3.00. The van der Waals surface area contributed by atoms with E-state index in [1.54, 1.807) is 6.07 Å². The molecular weight excluding hydrogens is 421 g/mol. The minimum atomic E-state index is -0.376. The zero-order chi connectivity index (χ0) is 21.5. The lowest BCUT2D eigenvalue weighted by molar-refractivity contribution is -0.128. The molecule has 0 atom stereocenters. The molecule has 0 bridgehead atoms. The van der Waals surface area contributed by atoms with Crippen LogP contribution in [0.4, 0.5) is 4.39 Å². The lowest BCUT2D eigenvalue weighted by Gasteiger charge is -2.22. The number of benzene rings is 2. The predicted molar refractivity (Wildman–Crippen MR) is 115 cm³/mol. The Balaban J connectivity index is 1.47. The standard InChI is InChI=1S/C23H19ClFN3O3/c24-19-11-18(28-4-3-15-9-17(25)1-2-20(15)28)10-16-13-27(5-6-31-23(16)19)12-14-7-21(29)26-22(30)8-14/h1-4,7,9-11H,5-6,8,12-13H2,(H,26,29,30). The Morgan fingerprint density at radius 1 is 1.16 bits per heavy atom. The van der Waals surface area contributed by atoms with Gasteiger partial charge in [0.05, 0.1) is 10.5 Å². The van der Waals surface area contributed by atoms with Crippen molar-refractivity contribution in [3.05, 3.63) is 70.6 Å². The van der Waals surface area contributed by atoms with Gasteiger partial charge in [-0.2, -0.15) is 0 Å². The summed E-state index contributed by atoms with van der Waals surface area (Å²) in [7, 11) is 0. The van der Waals surface area contributed by atoms with Gasteiger partial charge in [-0.25, -0.2) is 4.39 Å². The van der Waals surface area contributed by atoms with Crippen molar-refractivity contribution in [2.75, 3.05) is 19.7 Å². The van der Waals surface area contributed by atoms with Gasteiger partial charge in [-0.15, -0.1) is 0 Å². The second-order valence-electron chi connectivity index (χ2n) is 7.76. The van der Waals surface area contributed by atoms with Crippen LogP contribution in [-0.2, 0) is 16.1 Å². The van der Waals surface area contributed by atoms with Gasteiger partial charge in [0, 0.05) is 55.0 Å². The normalized spacial score (nSPS) is 17.0. The van der Waals surface area contributed by atoms with Crippen molar-refractivity contribution >= 4 is 34.3 Å². The molecule has 1 aromatic heterocycles. The van der Waals surface area contributed by atoms with Crippen molar-refractivity contribution in [1.82, 2.24) is 14.8 Å². The fraction of sp³-hybridized carbons (Fsp3) is 0.217. The summed E-state index contributed by atoms with van der Waals surface area (Å²) in [6.45, 7) is 2.14. The molecule has 6 nitrogen and oxygen atoms in total. The maximum absolute atomic E-state index is 13.6. The number of imide groups is 1. The largest absolute Gasteiger partial charge is 0.490 e. The number of hydrogen-bond donors (Lipinski definition) is 1. The summed E-state index contributed by atoms with van der Waals surface area (Å²) in [5, 5.41) is 3.59. The molecule has 31 heavy (non-hydrogen) atoms. The molecule has 0 fully saturated rings. The Bertz CT molecular complexity index is 1250. The van der Waals surface area contributed by atoms with Crippen LogP contribution in [0.5, 0.6) is 5.75 Å². The molecule has 0 aliphatic carbocycles. The highest BCUT2D eigenvalue weighted by molar-refractivity contribution is 6.32. The molecule has 0 radical (unpaired) electrons. The smallest absolute Gasteiger partial charge is 0.250 e. The van der Waals surface area contributed by atoms with Gasteiger partial charge in [-0.1, -0.05) is 11.6 Å². The maximum atomic E-state index is 13.6. The lowest BCUT2D eigenvalue weighted by Crippen LogP contribution is -2.36. The number of carbonyl (C=O) groups excluding carboxylic acids is 2. The maximum Gasteiger partial charge on any atom is 0.250 e. The molecule has 1 N–H and O–H groups in total. The third kappa shape index (κ3) is 3.94. The molecule has 3 heterocycles. The third-order valence-electron chi connectivity index (χ3n) is 5.50. The molecule has 2 aromatic carbocycles. The average molecular weight is 440 g/mol. The predicted octanol–water partition coefficient (Wildman–Crippen LogP) is 3.59. The highest BCUT2D eigenvalue weighted by Crippen LogP contribution is 2.35. The zero-order valence-corrected chi connectivity index (χ0v) is 17.3. The monoisotopic (exact) mass is 439 g/mol. The first-order chi connectivity index (χ1) is 15.0. The second kappa shape index (κ2) is 7.83. The molecule has 2 amide bonds. The third-order valence-corrected chi connectivity index (χ3v) is 5.78. The number of nitrogens with one attached hydrogen (secondary N) is 1. The minimum Gasteiger partial charge on any atom is -0.490 e. The summed E-state index contributed by atoms with van der Waals surface area (Å²) in [5.74, 6) is -0.297. The fourth-order valence-electron chi connectivity index (χ4n) is 4.17. The van der Waals surface area contributed by atoms with Crippen LogP contribution in [0.25, 0.3) is 16.6 Å². The molecular formula is C23H19ClFN3O3. The Labute approximate surface area is 182 Å². The molecule has 8 heteroatoms.